The lowest BCUT2D eigenvalue weighted by Gasteiger charge is -2.44. The fourth-order valence-electron chi connectivity index (χ4n) is 3.40. The standard InChI is InChI=1S/C12H20O16S2/c13-1-3-7(27-29(17,18)19)5(14)6(15)12(25-3)26-8-4-2-23-9(8)10(11(16)24-4)28-30(20,21)22/h3-16H,1-2H2,(H,17,18,19)(H,20,21,22)/p-2/t3-,4-,5-,6-,7+,8+,9+,10-,11+,12+/m1/s1. The molecule has 3 fully saturated rings. The molecule has 3 aliphatic heterocycles. The van der Waals surface area contributed by atoms with E-state index in [1.807, 2.05) is 0 Å². The van der Waals surface area contributed by atoms with Crippen molar-refractivity contribution in [3.05, 3.63) is 0 Å². The smallest absolute Gasteiger partial charge is 0.218 e. The summed E-state index contributed by atoms with van der Waals surface area (Å²) in [6.45, 7) is -1.19. The van der Waals surface area contributed by atoms with Crippen molar-refractivity contribution < 1.29 is 73.7 Å². The van der Waals surface area contributed by atoms with Gasteiger partial charge < -0.3 is 48.5 Å². The Hall–Kier alpha value is -0.580. The maximum absolute atomic E-state index is 10.9. The molecule has 0 unspecified atom stereocenters. The third kappa shape index (κ3) is 5.24. The second-order valence-electron chi connectivity index (χ2n) is 6.61. The molecular formula is C12H18O16S2-2. The molecule has 3 heterocycles. The number of aliphatic hydroxyl groups is 4. The SMILES string of the molecule is O=S(=O)([O-])O[C@@H]1[C@H]2OC[C@@H](O[C@@H]1O)[C@@H]2O[C@@H]1O[C@H](CO)[C@H](OS(=O)(=O)[O-])[C@H](O)[C@H]1O. The summed E-state index contributed by atoms with van der Waals surface area (Å²) in [6, 6.07) is 0. The van der Waals surface area contributed by atoms with Crippen LogP contribution in [0.1, 0.15) is 0 Å². The third-order valence-electron chi connectivity index (χ3n) is 4.63. The van der Waals surface area contributed by atoms with Crippen LogP contribution in [0, 0.1) is 0 Å². The van der Waals surface area contributed by atoms with Crippen molar-refractivity contribution in [2.75, 3.05) is 13.2 Å². The second-order valence-corrected chi connectivity index (χ2v) is 8.63. The van der Waals surface area contributed by atoms with E-state index >= 15 is 0 Å². The lowest BCUT2D eigenvalue weighted by atomic mass is 9.98. The van der Waals surface area contributed by atoms with Crippen molar-refractivity contribution >= 4 is 20.8 Å². The van der Waals surface area contributed by atoms with E-state index in [0.717, 1.165) is 0 Å². The summed E-state index contributed by atoms with van der Waals surface area (Å²) in [4.78, 5) is 0. The Labute approximate surface area is 169 Å². The molecule has 16 nitrogen and oxygen atoms in total. The fourth-order valence-corrected chi connectivity index (χ4v) is 4.39. The summed E-state index contributed by atoms with van der Waals surface area (Å²) < 4.78 is 94.3. The van der Waals surface area contributed by atoms with Crippen molar-refractivity contribution in [1.82, 2.24) is 0 Å². The van der Waals surface area contributed by atoms with E-state index in [9.17, 15) is 46.4 Å². The minimum Gasteiger partial charge on any atom is -0.726 e. The van der Waals surface area contributed by atoms with Gasteiger partial charge in [-0.25, -0.2) is 16.8 Å². The van der Waals surface area contributed by atoms with E-state index < -0.39 is 88.8 Å². The Balaban J connectivity index is 1.75. The first-order valence-corrected chi connectivity index (χ1v) is 11.0. The second kappa shape index (κ2) is 8.75. The van der Waals surface area contributed by atoms with Crippen LogP contribution in [0.3, 0.4) is 0 Å². The van der Waals surface area contributed by atoms with Crippen LogP contribution in [0.4, 0.5) is 0 Å². The Kier molecular flexibility index (Phi) is 7.02. The maximum Gasteiger partial charge on any atom is 0.218 e. The predicted octanol–water partition coefficient (Wildman–Crippen LogP) is -5.38. The molecule has 0 aromatic rings. The van der Waals surface area contributed by atoms with Gasteiger partial charge in [0, 0.05) is 0 Å². The van der Waals surface area contributed by atoms with Gasteiger partial charge in [0.1, 0.15) is 42.7 Å². The summed E-state index contributed by atoms with van der Waals surface area (Å²) in [5.74, 6) is 0. The van der Waals surface area contributed by atoms with Gasteiger partial charge in [-0.05, 0) is 0 Å². The third-order valence-corrected chi connectivity index (χ3v) is 5.55. The Morgan fingerprint density at radius 2 is 1.50 bits per heavy atom. The van der Waals surface area contributed by atoms with Crippen LogP contribution >= 0.6 is 0 Å². The van der Waals surface area contributed by atoms with Gasteiger partial charge in [-0.3, -0.25) is 8.37 Å². The van der Waals surface area contributed by atoms with Crippen LogP contribution in [-0.2, 0) is 48.1 Å². The molecule has 3 aliphatic rings. The van der Waals surface area contributed by atoms with E-state index in [1.165, 1.54) is 0 Å². The van der Waals surface area contributed by atoms with Crippen molar-refractivity contribution in [1.29, 1.82) is 0 Å². The van der Waals surface area contributed by atoms with Crippen LogP contribution < -0.4 is 0 Å². The van der Waals surface area contributed by atoms with Gasteiger partial charge in [0.25, 0.3) is 0 Å². The number of hydrogen-bond donors (Lipinski definition) is 4. The van der Waals surface area contributed by atoms with E-state index in [-0.39, 0.29) is 6.61 Å². The molecule has 0 aliphatic carbocycles. The van der Waals surface area contributed by atoms with Crippen LogP contribution in [0.2, 0.25) is 0 Å². The molecule has 18 heteroatoms. The van der Waals surface area contributed by atoms with Gasteiger partial charge in [0.15, 0.2) is 18.7 Å². The minimum atomic E-state index is -5.33. The van der Waals surface area contributed by atoms with Crippen molar-refractivity contribution in [2.45, 2.75) is 61.4 Å². The van der Waals surface area contributed by atoms with Crippen LogP contribution in [0.25, 0.3) is 0 Å². The van der Waals surface area contributed by atoms with Gasteiger partial charge >= 0.3 is 0 Å². The highest BCUT2D eigenvalue weighted by atomic mass is 32.3. The van der Waals surface area contributed by atoms with Crippen molar-refractivity contribution in [3.63, 3.8) is 0 Å². The largest absolute Gasteiger partial charge is 0.726 e. The van der Waals surface area contributed by atoms with Gasteiger partial charge in [-0.15, -0.1) is 0 Å². The van der Waals surface area contributed by atoms with E-state index in [4.69, 9.17) is 18.9 Å². The number of hydrogen-bond acceptors (Lipinski definition) is 16. The lowest BCUT2D eigenvalue weighted by molar-refractivity contribution is -0.333. The number of aliphatic hydroxyl groups excluding tert-OH is 4. The molecule has 176 valence electrons. The molecule has 0 spiro atoms. The Bertz CT molecular complexity index is 812. The van der Waals surface area contributed by atoms with Gasteiger partial charge in [-0.1, -0.05) is 0 Å². The molecule has 0 aromatic carbocycles. The Morgan fingerprint density at radius 3 is 2.07 bits per heavy atom. The zero-order chi connectivity index (χ0) is 22.4. The average Bonchev–Trinajstić information content (AvgIpc) is 2.91. The van der Waals surface area contributed by atoms with Crippen LogP contribution in [0.5, 0.6) is 0 Å². The Morgan fingerprint density at radius 1 is 0.900 bits per heavy atom. The zero-order valence-electron chi connectivity index (χ0n) is 14.7. The first kappa shape index (κ1) is 24.1. The molecule has 0 aromatic heterocycles. The molecule has 0 saturated carbocycles. The molecule has 10 atom stereocenters. The number of fused-ring (bicyclic) bond motifs is 2. The van der Waals surface area contributed by atoms with Gasteiger partial charge in [-0.2, -0.15) is 0 Å². The molecule has 0 radical (unpaired) electrons. The first-order valence-electron chi connectivity index (χ1n) is 8.32. The number of ether oxygens (including phenoxy) is 4. The van der Waals surface area contributed by atoms with Crippen molar-refractivity contribution in [2.24, 2.45) is 0 Å². The normalized spacial score (nSPS) is 44.9. The molecule has 30 heavy (non-hydrogen) atoms. The summed E-state index contributed by atoms with van der Waals surface area (Å²) in [5, 5.41) is 39.4. The topological polar surface area (TPSA) is 251 Å². The molecule has 0 amide bonds. The summed E-state index contributed by atoms with van der Waals surface area (Å²) >= 11 is 0. The monoisotopic (exact) mass is 482 g/mol. The lowest BCUT2D eigenvalue weighted by Crippen LogP contribution is -2.63. The average molecular weight is 482 g/mol. The van der Waals surface area contributed by atoms with E-state index in [1.54, 1.807) is 0 Å². The van der Waals surface area contributed by atoms with E-state index in [0.29, 0.717) is 0 Å². The summed E-state index contributed by atoms with van der Waals surface area (Å²) in [7, 11) is -10.6. The van der Waals surface area contributed by atoms with Gasteiger partial charge in [0.2, 0.25) is 20.8 Å². The van der Waals surface area contributed by atoms with Crippen molar-refractivity contribution in [3.8, 4) is 0 Å². The maximum atomic E-state index is 10.9. The first-order chi connectivity index (χ1) is 13.8. The predicted molar refractivity (Wildman–Crippen MR) is 82.4 cm³/mol. The molecule has 2 bridgehead atoms. The summed E-state index contributed by atoms with van der Waals surface area (Å²) in [6.07, 6.45) is -16.8. The minimum absolute atomic E-state index is 0.236. The van der Waals surface area contributed by atoms with Gasteiger partial charge in [0.05, 0.1) is 13.2 Å². The molecular weight excluding hydrogens is 464 g/mol. The van der Waals surface area contributed by atoms with Crippen LogP contribution in [0.15, 0.2) is 0 Å². The zero-order valence-corrected chi connectivity index (χ0v) is 16.3. The summed E-state index contributed by atoms with van der Waals surface area (Å²) in [5.41, 5.74) is 0. The molecule has 3 saturated heterocycles. The highest BCUT2D eigenvalue weighted by molar-refractivity contribution is 7.81. The molecule has 3 rings (SSSR count). The highest BCUT2D eigenvalue weighted by Gasteiger charge is 2.56. The van der Waals surface area contributed by atoms with E-state index in [2.05, 4.69) is 8.37 Å². The molecule has 4 N–H and O–H groups in total. The fraction of sp³-hybridized carbons (Fsp3) is 1.00. The highest BCUT2D eigenvalue weighted by Crippen LogP contribution is 2.36. The van der Waals surface area contributed by atoms with Crippen LogP contribution in [-0.4, -0.2) is 121 Å². The quantitative estimate of drug-likeness (QED) is 0.195. The number of rotatable bonds is 7.